The summed E-state index contributed by atoms with van der Waals surface area (Å²) in [6.07, 6.45) is -3.49. The lowest BCUT2D eigenvalue weighted by atomic mass is 10.2. The van der Waals surface area contributed by atoms with Gasteiger partial charge in [-0.25, -0.2) is 4.98 Å². The van der Waals surface area contributed by atoms with Gasteiger partial charge in [0.15, 0.2) is 6.23 Å². The number of hydrogen-bond donors (Lipinski definition) is 0. The molecule has 3 heterocycles. The minimum atomic E-state index is -4.49. The number of alkyl halides is 3. The Morgan fingerprint density at radius 1 is 1.30 bits per heavy atom. The summed E-state index contributed by atoms with van der Waals surface area (Å²) >= 11 is 5.78. The average molecular weight is 344 g/mol. The Labute approximate surface area is 135 Å². The van der Waals surface area contributed by atoms with Gasteiger partial charge >= 0.3 is 6.18 Å². The van der Waals surface area contributed by atoms with Gasteiger partial charge < -0.3 is 9.64 Å². The van der Waals surface area contributed by atoms with Crippen LogP contribution in [0.1, 0.15) is 24.4 Å². The van der Waals surface area contributed by atoms with Crippen molar-refractivity contribution in [3.05, 3.63) is 52.9 Å². The Morgan fingerprint density at radius 3 is 2.74 bits per heavy atom. The molecule has 1 aliphatic heterocycles. The van der Waals surface area contributed by atoms with Crippen molar-refractivity contribution in [1.29, 1.82) is 0 Å². The number of nitrogens with zero attached hydrogens (tertiary/aromatic N) is 3. The number of halogens is 4. The van der Waals surface area contributed by atoms with Crippen molar-refractivity contribution in [2.45, 2.75) is 25.4 Å². The molecule has 0 aliphatic carbocycles. The summed E-state index contributed by atoms with van der Waals surface area (Å²) in [5.41, 5.74) is -0.237. The maximum absolute atomic E-state index is 13.0. The number of rotatable bonds is 2. The maximum atomic E-state index is 13.0. The zero-order chi connectivity index (χ0) is 16.6. The molecule has 0 amide bonds. The molecule has 0 spiro atoms. The molecule has 0 saturated carbocycles. The molecule has 1 aliphatic rings. The van der Waals surface area contributed by atoms with Crippen molar-refractivity contribution in [3.63, 3.8) is 0 Å². The summed E-state index contributed by atoms with van der Waals surface area (Å²) < 4.78 is 44.7. The second-order valence-corrected chi connectivity index (χ2v) is 5.62. The fourth-order valence-electron chi connectivity index (χ4n) is 2.50. The largest absolute Gasteiger partial charge is 0.416 e. The van der Waals surface area contributed by atoms with E-state index < -0.39 is 18.0 Å². The van der Waals surface area contributed by atoms with Gasteiger partial charge in [-0.05, 0) is 31.2 Å². The van der Waals surface area contributed by atoms with E-state index in [9.17, 15) is 13.2 Å². The molecule has 0 radical (unpaired) electrons. The zero-order valence-electron chi connectivity index (χ0n) is 12.1. The second kappa shape index (κ2) is 5.98. The van der Waals surface area contributed by atoms with Crippen molar-refractivity contribution in [3.8, 4) is 0 Å². The number of ether oxygens (including phenoxy) is 1. The highest BCUT2D eigenvalue weighted by Gasteiger charge is 2.37. The van der Waals surface area contributed by atoms with Crippen LogP contribution in [0.3, 0.4) is 0 Å². The molecule has 2 aromatic heterocycles. The third-order valence-electron chi connectivity index (χ3n) is 3.54. The lowest BCUT2D eigenvalue weighted by Crippen LogP contribution is -2.32. The van der Waals surface area contributed by atoms with E-state index in [4.69, 9.17) is 16.3 Å². The molecule has 2 aromatic rings. The predicted molar refractivity (Wildman–Crippen MR) is 79.1 cm³/mol. The van der Waals surface area contributed by atoms with E-state index >= 15 is 0 Å². The molecule has 1 fully saturated rings. The average Bonchev–Trinajstić information content (AvgIpc) is 2.88. The van der Waals surface area contributed by atoms with E-state index in [2.05, 4.69) is 9.97 Å². The predicted octanol–water partition coefficient (Wildman–Crippen LogP) is 4.07. The highest BCUT2D eigenvalue weighted by molar-refractivity contribution is 6.29. The monoisotopic (exact) mass is 343 g/mol. The zero-order valence-corrected chi connectivity index (χ0v) is 12.8. The van der Waals surface area contributed by atoms with Crippen LogP contribution in [0, 0.1) is 0 Å². The van der Waals surface area contributed by atoms with Gasteiger partial charge in [-0.2, -0.15) is 13.2 Å². The molecule has 23 heavy (non-hydrogen) atoms. The van der Waals surface area contributed by atoms with Crippen LogP contribution in [-0.4, -0.2) is 22.6 Å². The first-order valence-corrected chi connectivity index (χ1v) is 7.29. The van der Waals surface area contributed by atoms with Crippen LogP contribution in [-0.2, 0) is 10.9 Å². The lowest BCUT2D eigenvalue weighted by molar-refractivity contribution is -0.137. The second-order valence-electron chi connectivity index (χ2n) is 5.23. The van der Waals surface area contributed by atoms with Gasteiger partial charge in [-0.15, -0.1) is 0 Å². The third-order valence-corrected chi connectivity index (χ3v) is 3.73. The van der Waals surface area contributed by atoms with Crippen LogP contribution in [0.25, 0.3) is 0 Å². The Bertz CT molecular complexity index is 696. The quantitative estimate of drug-likeness (QED) is 0.770. The van der Waals surface area contributed by atoms with Crippen molar-refractivity contribution in [1.82, 2.24) is 9.97 Å². The Kier molecular flexibility index (Phi) is 4.16. The fraction of sp³-hybridized carbons (Fsp3) is 0.333. The smallest absolute Gasteiger partial charge is 0.350 e. The maximum Gasteiger partial charge on any atom is 0.416 e. The highest BCUT2D eigenvalue weighted by atomic mass is 35.5. The topological polar surface area (TPSA) is 38.2 Å². The third kappa shape index (κ3) is 3.25. The Balaban J connectivity index is 2.03. The molecular weight excluding hydrogens is 331 g/mol. The Morgan fingerprint density at radius 2 is 2.09 bits per heavy atom. The molecule has 1 saturated heterocycles. The first kappa shape index (κ1) is 16.0. The van der Waals surface area contributed by atoms with Crippen LogP contribution < -0.4 is 4.90 Å². The molecule has 122 valence electrons. The van der Waals surface area contributed by atoms with Gasteiger partial charge in [-0.3, -0.25) is 4.98 Å². The van der Waals surface area contributed by atoms with Gasteiger partial charge in [0.1, 0.15) is 11.0 Å². The van der Waals surface area contributed by atoms with Crippen LogP contribution >= 0.6 is 11.6 Å². The molecule has 8 heteroatoms. The van der Waals surface area contributed by atoms with Crippen LogP contribution in [0.15, 0.2) is 36.5 Å². The number of hydrogen-bond acceptors (Lipinski definition) is 4. The summed E-state index contributed by atoms with van der Waals surface area (Å²) in [6, 6.07) is 6.93. The van der Waals surface area contributed by atoms with E-state index in [1.165, 1.54) is 0 Å². The normalized spacial score (nSPS) is 21.7. The number of pyridine rings is 2. The van der Waals surface area contributed by atoms with Gasteiger partial charge in [-0.1, -0.05) is 17.7 Å². The SMILES string of the molecule is CC1COC(c2ccccn2)N1c1cc(C(F)(F)F)cc(Cl)n1. The summed E-state index contributed by atoms with van der Waals surface area (Å²) in [7, 11) is 0. The molecule has 0 bridgehead atoms. The van der Waals surface area contributed by atoms with Gasteiger partial charge in [0.05, 0.1) is 23.9 Å². The Hall–Kier alpha value is -1.86. The molecule has 2 atom stereocenters. The van der Waals surface area contributed by atoms with Crippen molar-refractivity contribution in [2.75, 3.05) is 11.5 Å². The van der Waals surface area contributed by atoms with Crippen molar-refractivity contribution < 1.29 is 17.9 Å². The molecule has 3 rings (SSSR count). The van der Waals surface area contributed by atoms with Crippen LogP contribution in [0.2, 0.25) is 5.15 Å². The highest BCUT2D eigenvalue weighted by Crippen LogP contribution is 2.38. The van der Waals surface area contributed by atoms with Gasteiger partial charge in [0.25, 0.3) is 0 Å². The van der Waals surface area contributed by atoms with E-state index in [1.807, 2.05) is 6.92 Å². The number of anilines is 1. The minimum absolute atomic E-state index is 0.116. The van der Waals surface area contributed by atoms with Crippen LogP contribution in [0.5, 0.6) is 0 Å². The van der Waals surface area contributed by atoms with Crippen molar-refractivity contribution in [2.24, 2.45) is 0 Å². The number of aromatic nitrogens is 2. The summed E-state index contributed by atoms with van der Waals surface area (Å²) in [5.74, 6) is 0.116. The first-order chi connectivity index (χ1) is 10.9. The lowest BCUT2D eigenvalue weighted by Gasteiger charge is -2.27. The van der Waals surface area contributed by atoms with E-state index in [0.717, 1.165) is 12.1 Å². The molecular formula is C15H13ClF3N3O. The summed E-state index contributed by atoms with van der Waals surface area (Å²) in [5, 5.41) is -0.214. The molecule has 2 unspecified atom stereocenters. The first-order valence-electron chi connectivity index (χ1n) is 6.92. The van der Waals surface area contributed by atoms with E-state index in [-0.39, 0.29) is 17.0 Å². The molecule has 0 N–H and O–H groups in total. The summed E-state index contributed by atoms with van der Waals surface area (Å²) in [4.78, 5) is 9.91. The minimum Gasteiger partial charge on any atom is -0.350 e. The van der Waals surface area contributed by atoms with Gasteiger partial charge in [0.2, 0.25) is 0 Å². The van der Waals surface area contributed by atoms with Crippen LogP contribution in [0.4, 0.5) is 19.0 Å². The summed E-state index contributed by atoms with van der Waals surface area (Å²) in [6.45, 7) is 2.20. The van der Waals surface area contributed by atoms with E-state index in [1.54, 1.807) is 29.3 Å². The fourth-order valence-corrected chi connectivity index (χ4v) is 2.70. The molecule has 0 aromatic carbocycles. The molecule has 4 nitrogen and oxygen atoms in total. The van der Waals surface area contributed by atoms with E-state index in [0.29, 0.717) is 12.3 Å². The standard InChI is InChI=1S/C15H13ClF3N3O/c1-9-8-23-14(11-4-2-3-5-20-11)22(9)13-7-10(15(17,18)19)6-12(16)21-13/h2-7,9,14H,8H2,1H3. The van der Waals surface area contributed by atoms with Crippen molar-refractivity contribution >= 4 is 17.4 Å². The van der Waals surface area contributed by atoms with Gasteiger partial charge in [0, 0.05) is 6.20 Å².